The number of imidazole rings is 1. The number of anilines is 1. The number of carbonyl (C=O) groups excluding carboxylic acids is 1. The van der Waals surface area contributed by atoms with Crippen molar-refractivity contribution in [2.24, 2.45) is 0 Å². The summed E-state index contributed by atoms with van der Waals surface area (Å²) >= 11 is 0. The Balaban J connectivity index is 1.60. The van der Waals surface area contributed by atoms with Crippen molar-refractivity contribution in [3.8, 4) is 6.07 Å². The van der Waals surface area contributed by atoms with E-state index in [1.54, 1.807) is 12.3 Å². The molecule has 1 aliphatic heterocycles. The normalized spacial score (nSPS) is 15.2. The van der Waals surface area contributed by atoms with E-state index in [4.69, 9.17) is 0 Å². The van der Waals surface area contributed by atoms with Crippen molar-refractivity contribution in [3.05, 3.63) is 54.0 Å². The van der Waals surface area contributed by atoms with Crippen LogP contribution in [-0.4, -0.2) is 33.8 Å². The molecule has 3 heterocycles. The molecule has 1 N–H and O–H groups in total. The molecule has 0 aliphatic carbocycles. The minimum atomic E-state index is -0.966. The molecule has 2 aromatic heterocycles. The number of ketones is 1. The topological polar surface area (TPSA) is 85.7 Å². The summed E-state index contributed by atoms with van der Waals surface area (Å²) in [6.07, 6.45) is 3.90. The Morgan fingerprint density at radius 2 is 2.00 bits per heavy atom. The Morgan fingerprint density at radius 3 is 2.68 bits per heavy atom. The lowest BCUT2D eigenvalue weighted by Gasteiger charge is -2.16. The van der Waals surface area contributed by atoms with Gasteiger partial charge in [-0.05, 0) is 37.1 Å². The molecule has 25 heavy (non-hydrogen) atoms. The zero-order valence-corrected chi connectivity index (χ0v) is 13.6. The number of carbonyl (C=O) groups is 1. The lowest BCUT2D eigenvalue weighted by molar-refractivity contribution is 0.0976. The number of Topliss-reactive ketones (excluding diaryl/α,β-unsaturated/α-hetero) is 1. The van der Waals surface area contributed by atoms with Crippen molar-refractivity contribution in [3.63, 3.8) is 0 Å². The SMILES string of the molecule is N#CC(C(=O)c1ccc(N2CCCC2)nc1)c1nc2ccccc2[nH]1. The predicted molar refractivity (Wildman–Crippen MR) is 94.5 cm³/mol. The highest BCUT2D eigenvalue weighted by Gasteiger charge is 2.25. The molecule has 1 atom stereocenters. The number of H-pyrrole nitrogens is 1. The van der Waals surface area contributed by atoms with Gasteiger partial charge >= 0.3 is 0 Å². The highest BCUT2D eigenvalue weighted by atomic mass is 16.1. The van der Waals surface area contributed by atoms with Crippen LogP contribution in [0.15, 0.2) is 42.6 Å². The van der Waals surface area contributed by atoms with E-state index >= 15 is 0 Å². The fraction of sp³-hybridized carbons (Fsp3) is 0.263. The number of pyridine rings is 1. The van der Waals surface area contributed by atoms with Crippen LogP contribution in [0.2, 0.25) is 0 Å². The number of para-hydroxylation sites is 2. The van der Waals surface area contributed by atoms with Crippen LogP contribution in [0.5, 0.6) is 0 Å². The lowest BCUT2D eigenvalue weighted by atomic mass is 9.99. The molecule has 3 aromatic rings. The summed E-state index contributed by atoms with van der Waals surface area (Å²) in [5.74, 6) is -0.00233. The molecule has 0 spiro atoms. The van der Waals surface area contributed by atoms with Crippen LogP contribution in [-0.2, 0) is 0 Å². The van der Waals surface area contributed by atoms with Crippen LogP contribution >= 0.6 is 0 Å². The molecule has 1 aromatic carbocycles. The lowest BCUT2D eigenvalue weighted by Crippen LogP contribution is -2.19. The number of nitrogens with zero attached hydrogens (tertiary/aromatic N) is 4. The van der Waals surface area contributed by atoms with Gasteiger partial charge in [-0.1, -0.05) is 12.1 Å². The fourth-order valence-electron chi connectivity index (χ4n) is 3.18. The van der Waals surface area contributed by atoms with Crippen LogP contribution in [0.4, 0.5) is 5.82 Å². The van der Waals surface area contributed by atoms with E-state index in [1.165, 1.54) is 12.8 Å². The Bertz CT molecular complexity index is 915. The monoisotopic (exact) mass is 331 g/mol. The second kappa shape index (κ2) is 6.36. The Hall–Kier alpha value is -3.20. The van der Waals surface area contributed by atoms with Gasteiger partial charge in [-0.25, -0.2) is 9.97 Å². The third kappa shape index (κ3) is 2.85. The number of aromatic nitrogens is 3. The molecule has 4 rings (SSSR count). The maximum atomic E-state index is 12.7. The second-order valence-electron chi connectivity index (χ2n) is 6.16. The first-order valence-electron chi connectivity index (χ1n) is 8.36. The number of aromatic amines is 1. The summed E-state index contributed by atoms with van der Waals surface area (Å²) in [6.45, 7) is 2.00. The van der Waals surface area contributed by atoms with E-state index in [0.717, 1.165) is 29.9 Å². The second-order valence-corrected chi connectivity index (χ2v) is 6.16. The quantitative estimate of drug-likeness (QED) is 0.743. The van der Waals surface area contributed by atoms with E-state index in [-0.39, 0.29) is 5.78 Å². The van der Waals surface area contributed by atoms with Gasteiger partial charge in [-0.2, -0.15) is 5.26 Å². The molecular weight excluding hydrogens is 314 g/mol. The average Bonchev–Trinajstić information content (AvgIpc) is 3.32. The number of hydrogen-bond acceptors (Lipinski definition) is 5. The summed E-state index contributed by atoms with van der Waals surface area (Å²) in [5, 5.41) is 9.50. The third-order valence-electron chi connectivity index (χ3n) is 4.53. The van der Waals surface area contributed by atoms with E-state index in [1.807, 2.05) is 30.3 Å². The van der Waals surface area contributed by atoms with Gasteiger partial charge in [0.15, 0.2) is 11.7 Å². The Kier molecular flexibility index (Phi) is 3.90. The van der Waals surface area contributed by atoms with Gasteiger partial charge in [-0.15, -0.1) is 0 Å². The van der Waals surface area contributed by atoms with Crippen molar-refractivity contribution >= 4 is 22.6 Å². The first-order valence-corrected chi connectivity index (χ1v) is 8.36. The maximum absolute atomic E-state index is 12.7. The molecule has 0 amide bonds. The van der Waals surface area contributed by atoms with Gasteiger partial charge in [-0.3, -0.25) is 4.79 Å². The first-order chi connectivity index (χ1) is 12.3. The number of nitriles is 1. The van der Waals surface area contributed by atoms with E-state index in [9.17, 15) is 10.1 Å². The third-order valence-corrected chi connectivity index (χ3v) is 4.53. The Morgan fingerprint density at radius 1 is 1.20 bits per heavy atom. The minimum absolute atomic E-state index is 0.290. The molecule has 6 heteroatoms. The van der Waals surface area contributed by atoms with E-state index in [0.29, 0.717) is 11.4 Å². The molecule has 1 saturated heterocycles. The van der Waals surface area contributed by atoms with Crippen molar-refractivity contribution in [2.45, 2.75) is 18.8 Å². The van der Waals surface area contributed by atoms with Crippen molar-refractivity contribution in [1.29, 1.82) is 5.26 Å². The number of rotatable bonds is 4. The zero-order chi connectivity index (χ0) is 17.2. The highest BCUT2D eigenvalue weighted by Crippen LogP contribution is 2.23. The van der Waals surface area contributed by atoms with Crippen molar-refractivity contribution < 1.29 is 4.79 Å². The smallest absolute Gasteiger partial charge is 0.189 e. The molecule has 1 unspecified atom stereocenters. The predicted octanol–water partition coefficient (Wildman–Crippen LogP) is 3.05. The number of fused-ring (bicyclic) bond motifs is 1. The van der Waals surface area contributed by atoms with Crippen molar-refractivity contribution in [2.75, 3.05) is 18.0 Å². The molecule has 0 bridgehead atoms. The molecule has 0 saturated carbocycles. The standard InChI is InChI=1S/C19H17N5O/c20-11-14(19-22-15-5-1-2-6-16(15)23-19)18(25)13-7-8-17(21-12-13)24-9-3-4-10-24/h1-2,5-8,12,14H,3-4,9-10H2,(H,22,23). The largest absolute Gasteiger partial charge is 0.357 e. The highest BCUT2D eigenvalue weighted by molar-refractivity contribution is 6.02. The maximum Gasteiger partial charge on any atom is 0.189 e. The van der Waals surface area contributed by atoms with Gasteiger partial charge in [0.05, 0.1) is 17.1 Å². The summed E-state index contributed by atoms with van der Waals surface area (Å²) in [7, 11) is 0. The Labute approximate surface area is 145 Å². The summed E-state index contributed by atoms with van der Waals surface area (Å²) < 4.78 is 0. The first kappa shape index (κ1) is 15.3. The van der Waals surface area contributed by atoms with Crippen LogP contribution in [0.1, 0.15) is 34.9 Å². The van der Waals surface area contributed by atoms with Gasteiger partial charge in [0.2, 0.25) is 0 Å². The minimum Gasteiger partial charge on any atom is -0.357 e. The summed E-state index contributed by atoms with van der Waals surface area (Å²) in [6, 6.07) is 13.1. The average molecular weight is 331 g/mol. The zero-order valence-electron chi connectivity index (χ0n) is 13.6. The van der Waals surface area contributed by atoms with Crippen LogP contribution < -0.4 is 4.90 Å². The van der Waals surface area contributed by atoms with Crippen LogP contribution in [0.25, 0.3) is 11.0 Å². The molecular formula is C19H17N5O. The van der Waals surface area contributed by atoms with Gasteiger partial charge < -0.3 is 9.88 Å². The summed E-state index contributed by atoms with van der Waals surface area (Å²) in [5.41, 5.74) is 1.98. The number of nitrogens with one attached hydrogen (secondary N) is 1. The molecule has 1 aliphatic rings. The van der Waals surface area contributed by atoms with Gasteiger partial charge in [0.25, 0.3) is 0 Å². The van der Waals surface area contributed by atoms with Gasteiger partial charge in [0, 0.05) is 24.8 Å². The van der Waals surface area contributed by atoms with E-state index < -0.39 is 5.92 Å². The van der Waals surface area contributed by atoms with E-state index in [2.05, 4.69) is 25.9 Å². The number of benzene rings is 1. The molecule has 0 radical (unpaired) electrons. The van der Waals surface area contributed by atoms with Crippen LogP contribution in [0.3, 0.4) is 0 Å². The molecule has 6 nitrogen and oxygen atoms in total. The van der Waals surface area contributed by atoms with Crippen LogP contribution in [0, 0.1) is 11.3 Å². The van der Waals surface area contributed by atoms with Gasteiger partial charge in [0.1, 0.15) is 11.6 Å². The summed E-state index contributed by atoms with van der Waals surface area (Å²) in [4.78, 5) is 26.8. The van der Waals surface area contributed by atoms with Crippen molar-refractivity contribution in [1.82, 2.24) is 15.0 Å². The molecule has 124 valence electrons. The number of hydrogen-bond donors (Lipinski definition) is 1. The fourth-order valence-corrected chi connectivity index (χ4v) is 3.18. The molecule has 1 fully saturated rings.